The van der Waals surface area contributed by atoms with Crippen LogP contribution in [0, 0.1) is 0 Å². The predicted molar refractivity (Wildman–Crippen MR) is 120 cm³/mol. The molecule has 2 aromatic carbocycles. The number of nitrogens with zero attached hydrogens (tertiary/aromatic N) is 3. The Labute approximate surface area is 184 Å². The molecule has 0 atom stereocenters. The highest BCUT2D eigenvalue weighted by Gasteiger charge is 2.22. The number of fused-ring (bicyclic) bond motifs is 1. The maximum absolute atomic E-state index is 12.9. The average Bonchev–Trinajstić information content (AvgIpc) is 2.81. The largest absolute Gasteiger partial charge is 0.502 e. The van der Waals surface area contributed by atoms with Crippen LogP contribution in [-0.4, -0.2) is 57.9 Å². The fourth-order valence-electron chi connectivity index (χ4n) is 4.00. The normalized spacial score (nSPS) is 13.9. The number of anilines is 1. The van der Waals surface area contributed by atoms with E-state index in [2.05, 4.69) is 10.2 Å². The maximum Gasteiger partial charge on any atom is 0.407 e. The van der Waals surface area contributed by atoms with Crippen LogP contribution < -0.4 is 15.8 Å². The van der Waals surface area contributed by atoms with Gasteiger partial charge in [-0.15, -0.1) is 0 Å². The molecule has 2 amide bonds. The number of hydrogen-bond acceptors (Lipinski definition) is 5. The van der Waals surface area contributed by atoms with E-state index in [1.807, 2.05) is 24.3 Å². The molecule has 0 aliphatic carbocycles. The van der Waals surface area contributed by atoms with E-state index in [9.17, 15) is 19.5 Å². The van der Waals surface area contributed by atoms with Gasteiger partial charge < -0.3 is 29.9 Å². The third-order valence-corrected chi connectivity index (χ3v) is 5.78. The highest BCUT2D eigenvalue weighted by atomic mass is 16.4. The van der Waals surface area contributed by atoms with Crippen LogP contribution in [0.4, 0.5) is 10.5 Å². The molecule has 0 unspecified atom stereocenters. The van der Waals surface area contributed by atoms with Gasteiger partial charge in [-0.25, -0.2) is 4.79 Å². The number of carbonyl (C=O) groups excluding carboxylic acids is 1. The molecule has 1 aliphatic rings. The number of nitrogens with one attached hydrogen (secondary N) is 1. The fourth-order valence-corrected chi connectivity index (χ4v) is 4.00. The minimum Gasteiger partial charge on any atom is -0.502 e. The Balaban J connectivity index is 1.51. The topological polar surface area (TPSA) is 115 Å². The fraction of sp³-hybridized carbons (Fsp3) is 0.261. The lowest BCUT2D eigenvalue weighted by molar-refractivity contribution is 0.0949. The summed E-state index contributed by atoms with van der Waals surface area (Å²) in [5, 5.41) is 22.8. The highest BCUT2D eigenvalue weighted by Crippen LogP contribution is 2.24. The van der Waals surface area contributed by atoms with Crippen molar-refractivity contribution in [1.29, 1.82) is 0 Å². The molecule has 0 saturated carbocycles. The van der Waals surface area contributed by atoms with Crippen molar-refractivity contribution in [2.24, 2.45) is 7.05 Å². The van der Waals surface area contributed by atoms with E-state index in [-0.39, 0.29) is 12.1 Å². The predicted octanol–water partition coefficient (Wildman–Crippen LogP) is 1.97. The summed E-state index contributed by atoms with van der Waals surface area (Å²) in [6.45, 7) is 2.27. The first-order chi connectivity index (χ1) is 15.4. The number of amides is 2. The second-order valence-corrected chi connectivity index (χ2v) is 7.71. The Bertz CT molecular complexity index is 1240. The summed E-state index contributed by atoms with van der Waals surface area (Å²) >= 11 is 0. The van der Waals surface area contributed by atoms with E-state index in [0.717, 1.165) is 11.3 Å². The van der Waals surface area contributed by atoms with E-state index in [1.54, 1.807) is 31.3 Å². The van der Waals surface area contributed by atoms with E-state index < -0.39 is 23.3 Å². The Morgan fingerprint density at radius 2 is 1.75 bits per heavy atom. The molecule has 9 nitrogen and oxygen atoms in total. The summed E-state index contributed by atoms with van der Waals surface area (Å²) in [4.78, 5) is 39.9. The third kappa shape index (κ3) is 3.96. The lowest BCUT2D eigenvalue weighted by atomic mass is 10.1. The zero-order chi connectivity index (χ0) is 22.8. The second kappa shape index (κ2) is 8.62. The van der Waals surface area contributed by atoms with Crippen LogP contribution in [0.3, 0.4) is 0 Å². The molecule has 166 valence electrons. The molecule has 0 bridgehead atoms. The summed E-state index contributed by atoms with van der Waals surface area (Å²) in [7, 11) is 1.55. The van der Waals surface area contributed by atoms with Crippen molar-refractivity contribution in [3.63, 3.8) is 0 Å². The Morgan fingerprint density at radius 1 is 1.03 bits per heavy atom. The van der Waals surface area contributed by atoms with Crippen molar-refractivity contribution in [2.75, 3.05) is 31.1 Å². The van der Waals surface area contributed by atoms with Gasteiger partial charge >= 0.3 is 6.09 Å². The molecule has 3 N–H and O–H groups in total. The zero-order valence-corrected chi connectivity index (χ0v) is 17.6. The number of aromatic hydroxyl groups is 1. The van der Waals surface area contributed by atoms with Crippen LogP contribution in [0.25, 0.3) is 10.9 Å². The molecule has 2 heterocycles. The zero-order valence-electron chi connectivity index (χ0n) is 17.6. The average molecular weight is 436 g/mol. The van der Waals surface area contributed by atoms with Crippen LogP contribution in [0.15, 0.2) is 53.3 Å². The summed E-state index contributed by atoms with van der Waals surface area (Å²) in [6, 6.07) is 14.6. The maximum atomic E-state index is 12.9. The Hall–Kier alpha value is -4.01. The standard InChI is InChI=1S/C23H24N4O5/c1-25-18-8-3-2-7-17(18)19(20(28)22(25)30)21(29)24-14-15-5-4-6-16(13-15)26-9-11-27(12-10-26)23(31)32/h2-8,13,28H,9-12,14H2,1H3,(H,24,29)(H,31,32). The lowest BCUT2D eigenvalue weighted by Gasteiger charge is -2.34. The van der Waals surface area contributed by atoms with Crippen molar-refractivity contribution in [2.45, 2.75) is 6.54 Å². The van der Waals surface area contributed by atoms with Gasteiger partial charge in [-0.1, -0.05) is 30.3 Å². The smallest absolute Gasteiger partial charge is 0.407 e. The van der Waals surface area contributed by atoms with Gasteiger partial charge in [0.25, 0.3) is 11.5 Å². The molecule has 1 saturated heterocycles. The van der Waals surface area contributed by atoms with Gasteiger partial charge in [-0.3, -0.25) is 9.59 Å². The first-order valence-corrected chi connectivity index (χ1v) is 10.3. The number of hydrogen-bond donors (Lipinski definition) is 3. The highest BCUT2D eigenvalue weighted by molar-refractivity contribution is 6.08. The van der Waals surface area contributed by atoms with E-state index in [4.69, 9.17) is 5.11 Å². The van der Waals surface area contributed by atoms with Gasteiger partial charge in [-0.05, 0) is 23.8 Å². The summed E-state index contributed by atoms with van der Waals surface area (Å²) < 4.78 is 1.31. The number of aryl methyl sites for hydroxylation is 1. The van der Waals surface area contributed by atoms with Gasteiger partial charge in [-0.2, -0.15) is 0 Å². The van der Waals surface area contributed by atoms with E-state index >= 15 is 0 Å². The van der Waals surface area contributed by atoms with Gasteiger partial charge in [0.2, 0.25) is 0 Å². The quantitative estimate of drug-likeness (QED) is 0.576. The van der Waals surface area contributed by atoms with E-state index in [0.29, 0.717) is 37.1 Å². The SMILES string of the molecule is Cn1c(=O)c(O)c(C(=O)NCc2cccc(N3CCN(C(=O)O)CC3)c2)c2ccccc21. The minimum absolute atomic E-state index is 0.0374. The Morgan fingerprint density at radius 3 is 2.47 bits per heavy atom. The van der Waals surface area contributed by atoms with Crippen molar-refractivity contribution in [3.8, 4) is 5.75 Å². The van der Waals surface area contributed by atoms with Crippen molar-refractivity contribution in [3.05, 3.63) is 70.0 Å². The number of carbonyl (C=O) groups is 2. The number of pyridine rings is 1. The van der Waals surface area contributed by atoms with Gasteiger partial charge in [0.1, 0.15) is 0 Å². The first-order valence-electron chi connectivity index (χ1n) is 10.3. The number of para-hydroxylation sites is 1. The van der Waals surface area contributed by atoms with Gasteiger partial charge in [0, 0.05) is 50.8 Å². The number of piperazine rings is 1. The number of rotatable bonds is 4. The molecule has 4 rings (SSSR count). The molecule has 1 aliphatic heterocycles. The van der Waals surface area contributed by atoms with E-state index in [1.165, 1.54) is 9.47 Å². The van der Waals surface area contributed by atoms with Crippen LogP contribution in [0.1, 0.15) is 15.9 Å². The monoisotopic (exact) mass is 436 g/mol. The molecule has 1 aromatic heterocycles. The molecular formula is C23H24N4O5. The third-order valence-electron chi connectivity index (χ3n) is 5.78. The molecule has 9 heteroatoms. The van der Waals surface area contributed by atoms with Gasteiger partial charge in [0.05, 0.1) is 11.1 Å². The molecule has 0 radical (unpaired) electrons. The van der Waals surface area contributed by atoms with Crippen molar-refractivity contribution < 1.29 is 19.8 Å². The number of benzene rings is 2. The molecule has 0 spiro atoms. The Kier molecular flexibility index (Phi) is 5.72. The summed E-state index contributed by atoms with van der Waals surface area (Å²) in [5.74, 6) is -1.11. The molecule has 1 fully saturated rings. The molecule has 3 aromatic rings. The van der Waals surface area contributed by atoms with Gasteiger partial charge in [0.15, 0.2) is 5.75 Å². The molecular weight excluding hydrogens is 412 g/mol. The first kappa shape index (κ1) is 21.2. The summed E-state index contributed by atoms with van der Waals surface area (Å²) in [5.41, 5.74) is 1.69. The minimum atomic E-state index is -0.910. The number of carboxylic acid groups (broad SMARTS) is 1. The van der Waals surface area contributed by atoms with Crippen LogP contribution in [0.2, 0.25) is 0 Å². The van der Waals surface area contributed by atoms with Crippen LogP contribution in [0.5, 0.6) is 5.75 Å². The lowest BCUT2D eigenvalue weighted by Crippen LogP contribution is -2.48. The van der Waals surface area contributed by atoms with Crippen molar-refractivity contribution >= 4 is 28.6 Å². The van der Waals surface area contributed by atoms with Crippen LogP contribution in [-0.2, 0) is 13.6 Å². The summed E-state index contributed by atoms with van der Waals surface area (Å²) in [6.07, 6.45) is -0.910. The number of aromatic nitrogens is 1. The molecule has 32 heavy (non-hydrogen) atoms. The van der Waals surface area contributed by atoms with Crippen molar-refractivity contribution in [1.82, 2.24) is 14.8 Å². The van der Waals surface area contributed by atoms with Crippen LogP contribution >= 0.6 is 0 Å². The second-order valence-electron chi connectivity index (χ2n) is 7.71.